The van der Waals surface area contributed by atoms with Crippen molar-refractivity contribution in [1.82, 2.24) is 19.5 Å². The third-order valence-electron chi connectivity index (χ3n) is 5.77. The predicted molar refractivity (Wildman–Crippen MR) is 112 cm³/mol. The molecule has 28 heavy (non-hydrogen) atoms. The van der Waals surface area contributed by atoms with Crippen LogP contribution in [0.2, 0.25) is 0 Å². The number of nitrogens with zero attached hydrogens (tertiary/aromatic N) is 4. The van der Waals surface area contributed by atoms with Crippen molar-refractivity contribution in [2.24, 2.45) is 0 Å². The van der Waals surface area contributed by atoms with Gasteiger partial charge in [-0.3, -0.25) is 4.98 Å². The zero-order chi connectivity index (χ0) is 19.1. The molecule has 3 heterocycles. The molecule has 4 aromatic rings. The Morgan fingerprint density at radius 3 is 2.61 bits per heavy atom. The maximum atomic E-state index is 6.49. The first-order valence-corrected chi connectivity index (χ1v) is 9.88. The highest BCUT2D eigenvalue weighted by Crippen LogP contribution is 2.38. The van der Waals surface area contributed by atoms with Gasteiger partial charge in [0.2, 0.25) is 0 Å². The van der Waals surface area contributed by atoms with E-state index in [4.69, 9.17) is 10.7 Å². The lowest BCUT2D eigenvalue weighted by atomic mass is 9.95. The Balaban J connectivity index is 1.79. The Hall–Kier alpha value is -3.21. The highest BCUT2D eigenvalue weighted by molar-refractivity contribution is 5.93. The number of anilines is 1. The lowest BCUT2D eigenvalue weighted by Gasteiger charge is -2.21. The molecule has 1 aromatic carbocycles. The van der Waals surface area contributed by atoms with Gasteiger partial charge in [-0.25, -0.2) is 9.97 Å². The van der Waals surface area contributed by atoms with Crippen molar-refractivity contribution in [1.29, 1.82) is 0 Å². The summed E-state index contributed by atoms with van der Waals surface area (Å²) in [5, 5.41) is 1.03. The third-order valence-corrected chi connectivity index (χ3v) is 5.77. The van der Waals surface area contributed by atoms with Crippen LogP contribution in [-0.4, -0.2) is 19.5 Å². The average Bonchev–Trinajstić information content (AvgIpc) is 3.09. The van der Waals surface area contributed by atoms with Crippen LogP contribution in [0.25, 0.3) is 22.4 Å². The van der Waals surface area contributed by atoms with Gasteiger partial charge < -0.3 is 10.3 Å². The third kappa shape index (κ3) is 2.66. The number of nitrogen functional groups attached to an aromatic ring is 1. The van der Waals surface area contributed by atoms with Crippen molar-refractivity contribution >= 4 is 16.9 Å². The van der Waals surface area contributed by atoms with Gasteiger partial charge in [-0.05, 0) is 55.9 Å². The molecule has 1 aliphatic carbocycles. The summed E-state index contributed by atoms with van der Waals surface area (Å²) in [7, 11) is 0. The molecule has 1 aliphatic rings. The molecular formula is C23H23N5. The predicted octanol–water partition coefficient (Wildman–Crippen LogP) is 4.56. The summed E-state index contributed by atoms with van der Waals surface area (Å²) in [4.78, 5) is 13.8. The van der Waals surface area contributed by atoms with E-state index >= 15 is 0 Å². The molecule has 5 heteroatoms. The molecule has 0 radical (unpaired) electrons. The quantitative estimate of drug-likeness (QED) is 0.574. The minimum Gasteiger partial charge on any atom is -0.383 e. The van der Waals surface area contributed by atoms with E-state index in [1.807, 2.05) is 12.1 Å². The number of hydrogen-bond donors (Lipinski definition) is 1. The second-order valence-corrected chi connectivity index (χ2v) is 7.46. The van der Waals surface area contributed by atoms with Crippen molar-refractivity contribution in [3.05, 3.63) is 71.7 Å². The Morgan fingerprint density at radius 2 is 1.82 bits per heavy atom. The summed E-state index contributed by atoms with van der Waals surface area (Å²) in [5.41, 5.74) is 12.3. The van der Waals surface area contributed by atoms with Gasteiger partial charge in [0, 0.05) is 23.7 Å². The number of pyridine rings is 1. The Labute approximate surface area is 164 Å². The Morgan fingerprint density at radius 1 is 1.00 bits per heavy atom. The molecule has 0 aliphatic heterocycles. The summed E-state index contributed by atoms with van der Waals surface area (Å²) in [5.74, 6) is 1.20. The molecule has 0 unspecified atom stereocenters. The monoisotopic (exact) mass is 369 g/mol. The molecule has 2 N–H and O–H groups in total. The fourth-order valence-corrected chi connectivity index (χ4v) is 4.40. The highest BCUT2D eigenvalue weighted by atomic mass is 15.1. The topological polar surface area (TPSA) is 69.6 Å². The molecule has 0 saturated heterocycles. The number of hydrogen-bond acceptors (Lipinski definition) is 4. The van der Waals surface area contributed by atoms with E-state index in [0.29, 0.717) is 11.6 Å². The molecule has 1 atom stereocenters. The van der Waals surface area contributed by atoms with E-state index < -0.39 is 0 Å². The summed E-state index contributed by atoms with van der Waals surface area (Å²) >= 11 is 0. The number of nitrogens with two attached hydrogens (primary N) is 1. The van der Waals surface area contributed by atoms with Crippen LogP contribution >= 0.6 is 0 Å². The molecule has 5 nitrogen and oxygen atoms in total. The van der Waals surface area contributed by atoms with Gasteiger partial charge in [0.25, 0.3) is 0 Å². The second kappa shape index (κ2) is 6.75. The van der Waals surface area contributed by atoms with Crippen LogP contribution in [0, 0.1) is 0 Å². The highest BCUT2D eigenvalue weighted by Gasteiger charge is 2.26. The Bertz CT molecular complexity index is 1130. The largest absolute Gasteiger partial charge is 0.383 e. The van der Waals surface area contributed by atoms with Crippen molar-refractivity contribution in [2.45, 2.75) is 38.6 Å². The van der Waals surface area contributed by atoms with Crippen LogP contribution in [0.15, 0.2) is 54.9 Å². The van der Waals surface area contributed by atoms with E-state index in [1.165, 1.54) is 29.7 Å². The standard InChI is InChI=1S/C23H23N5/c1-15(16-8-3-2-4-9-16)28-19-12-6-5-11-18(19)20-21(24)26-22(27-23(20)28)17-10-7-13-25-14-17/h2-4,7-10,13-15H,5-6,11-12H2,1H3,(H2,24,26,27)/t15-/m1/s1. The number of rotatable bonds is 3. The van der Waals surface area contributed by atoms with Crippen molar-refractivity contribution in [2.75, 3.05) is 5.73 Å². The van der Waals surface area contributed by atoms with Gasteiger partial charge in [-0.2, -0.15) is 0 Å². The molecule has 0 fully saturated rings. The zero-order valence-electron chi connectivity index (χ0n) is 16.0. The van der Waals surface area contributed by atoms with Gasteiger partial charge in [-0.1, -0.05) is 30.3 Å². The summed E-state index contributed by atoms with van der Waals surface area (Å²) in [6.07, 6.45) is 8.03. The fraction of sp³-hybridized carbons (Fsp3) is 0.261. The molecule has 0 saturated carbocycles. The van der Waals surface area contributed by atoms with Crippen LogP contribution < -0.4 is 5.73 Å². The lowest BCUT2D eigenvalue weighted by Crippen LogP contribution is -2.13. The zero-order valence-corrected chi connectivity index (χ0v) is 16.0. The van der Waals surface area contributed by atoms with Crippen LogP contribution in [0.1, 0.15) is 42.6 Å². The van der Waals surface area contributed by atoms with Crippen LogP contribution in [0.5, 0.6) is 0 Å². The maximum absolute atomic E-state index is 6.49. The normalized spacial score (nSPS) is 14.8. The van der Waals surface area contributed by atoms with E-state index in [2.05, 4.69) is 51.8 Å². The van der Waals surface area contributed by atoms with E-state index in [-0.39, 0.29) is 6.04 Å². The lowest BCUT2D eigenvalue weighted by molar-refractivity contribution is 0.581. The van der Waals surface area contributed by atoms with Crippen LogP contribution in [-0.2, 0) is 12.8 Å². The minimum absolute atomic E-state index is 0.182. The van der Waals surface area contributed by atoms with Gasteiger partial charge in [0.1, 0.15) is 11.5 Å². The SMILES string of the molecule is C[C@H](c1ccccc1)n1c2c(c3c(N)nc(-c4cccnc4)nc31)CCCC2. The van der Waals surface area contributed by atoms with Gasteiger partial charge >= 0.3 is 0 Å². The smallest absolute Gasteiger partial charge is 0.165 e. The van der Waals surface area contributed by atoms with E-state index in [9.17, 15) is 0 Å². The molecule has 140 valence electrons. The van der Waals surface area contributed by atoms with Crippen molar-refractivity contribution < 1.29 is 0 Å². The fourth-order valence-electron chi connectivity index (χ4n) is 4.40. The van der Waals surface area contributed by atoms with Crippen LogP contribution in [0.4, 0.5) is 5.82 Å². The number of fused-ring (bicyclic) bond motifs is 3. The average molecular weight is 369 g/mol. The van der Waals surface area contributed by atoms with Crippen LogP contribution in [0.3, 0.4) is 0 Å². The van der Waals surface area contributed by atoms with Gasteiger partial charge in [0.05, 0.1) is 11.4 Å². The van der Waals surface area contributed by atoms with E-state index in [0.717, 1.165) is 29.4 Å². The number of aromatic nitrogens is 4. The summed E-state index contributed by atoms with van der Waals surface area (Å²) < 4.78 is 2.39. The Kier molecular flexibility index (Phi) is 4.08. The second-order valence-electron chi connectivity index (χ2n) is 7.46. The summed E-state index contributed by atoms with van der Waals surface area (Å²) in [6.45, 7) is 2.24. The molecule has 0 bridgehead atoms. The number of aryl methyl sites for hydroxylation is 1. The van der Waals surface area contributed by atoms with Gasteiger partial charge in [-0.15, -0.1) is 0 Å². The maximum Gasteiger partial charge on any atom is 0.165 e. The molecule has 0 spiro atoms. The number of benzene rings is 1. The molecule has 5 rings (SSSR count). The van der Waals surface area contributed by atoms with E-state index in [1.54, 1.807) is 12.4 Å². The molecule has 3 aromatic heterocycles. The molecule has 0 amide bonds. The summed E-state index contributed by atoms with van der Waals surface area (Å²) in [6, 6.07) is 14.7. The first-order chi connectivity index (χ1) is 13.7. The molecular weight excluding hydrogens is 346 g/mol. The first-order valence-electron chi connectivity index (χ1n) is 9.88. The van der Waals surface area contributed by atoms with Crippen molar-refractivity contribution in [3.63, 3.8) is 0 Å². The minimum atomic E-state index is 0.182. The van der Waals surface area contributed by atoms with Crippen molar-refractivity contribution in [3.8, 4) is 11.4 Å². The van der Waals surface area contributed by atoms with Gasteiger partial charge in [0.15, 0.2) is 5.82 Å². The first kappa shape index (κ1) is 16.9.